The van der Waals surface area contributed by atoms with Gasteiger partial charge in [-0.05, 0) is 39.0 Å². The number of nitrogens with two attached hydrogens (primary N) is 1. The van der Waals surface area contributed by atoms with Crippen molar-refractivity contribution in [3.8, 4) is 0 Å². The van der Waals surface area contributed by atoms with Crippen LogP contribution >= 0.6 is 0 Å². The summed E-state index contributed by atoms with van der Waals surface area (Å²) in [6.07, 6.45) is 5.83. The highest BCUT2D eigenvalue weighted by atomic mass is 16.5. The fraction of sp³-hybridized carbons (Fsp3) is 0.929. The van der Waals surface area contributed by atoms with Gasteiger partial charge in [0, 0.05) is 32.3 Å². The molecule has 110 valence electrons. The molecule has 1 aliphatic carbocycles. The monoisotopic (exact) mass is 269 g/mol. The molecule has 2 fully saturated rings. The lowest BCUT2D eigenvalue weighted by Crippen LogP contribution is -2.46. The van der Waals surface area contributed by atoms with Crippen LogP contribution in [0.5, 0.6) is 0 Å². The van der Waals surface area contributed by atoms with Crippen molar-refractivity contribution in [2.45, 2.75) is 57.2 Å². The summed E-state index contributed by atoms with van der Waals surface area (Å²) in [4.78, 5) is 13.8. The Hall–Kier alpha value is -0.650. The molecule has 1 atom stereocenters. The Morgan fingerprint density at radius 3 is 2.58 bits per heavy atom. The second-order valence-corrected chi connectivity index (χ2v) is 5.68. The lowest BCUT2D eigenvalue weighted by atomic mass is 10.1. The minimum Gasteiger partial charge on any atom is -0.378 e. The number of carbonyl (C=O) groups is 1. The van der Waals surface area contributed by atoms with E-state index in [1.54, 1.807) is 0 Å². The average molecular weight is 269 g/mol. The zero-order valence-corrected chi connectivity index (χ0v) is 11.9. The number of nitrogens with one attached hydrogen (secondary N) is 1. The molecule has 19 heavy (non-hydrogen) atoms. The first-order valence-electron chi connectivity index (χ1n) is 7.58. The Kier molecular flexibility index (Phi) is 5.60. The van der Waals surface area contributed by atoms with Gasteiger partial charge >= 0.3 is 0 Å². The van der Waals surface area contributed by atoms with E-state index in [9.17, 15) is 4.79 Å². The molecule has 0 aromatic rings. The number of likely N-dealkylation sites (tertiary alicyclic amines) is 1. The van der Waals surface area contributed by atoms with Crippen LogP contribution in [0.3, 0.4) is 0 Å². The van der Waals surface area contributed by atoms with Crippen LogP contribution in [0, 0.1) is 0 Å². The fourth-order valence-electron chi connectivity index (χ4n) is 2.69. The Balaban J connectivity index is 1.65. The summed E-state index contributed by atoms with van der Waals surface area (Å²) >= 11 is 0. The maximum Gasteiger partial charge on any atom is 0.234 e. The van der Waals surface area contributed by atoms with Crippen molar-refractivity contribution < 1.29 is 9.53 Å². The van der Waals surface area contributed by atoms with Gasteiger partial charge in [0.15, 0.2) is 0 Å². The summed E-state index contributed by atoms with van der Waals surface area (Å²) in [5.74, 6) is -0.212. The molecule has 1 heterocycles. The Bertz CT molecular complexity index is 286. The van der Waals surface area contributed by atoms with Crippen LogP contribution in [0.4, 0.5) is 0 Å². The molecule has 5 nitrogen and oxygen atoms in total. The SMILES string of the molecule is CCOC1CCN(CCC(NC2CC2)C(N)=O)CC1. The summed E-state index contributed by atoms with van der Waals surface area (Å²) in [5.41, 5.74) is 5.45. The van der Waals surface area contributed by atoms with E-state index in [0.29, 0.717) is 12.1 Å². The quantitative estimate of drug-likeness (QED) is 0.673. The third-order valence-electron chi connectivity index (χ3n) is 4.03. The molecule has 1 saturated carbocycles. The normalized spacial score (nSPS) is 23.4. The number of hydrogen-bond acceptors (Lipinski definition) is 4. The first kappa shape index (κ1) is 14.8. The highest BCUT2D eigenvalue weighted by Crippen LogP contribution is 2.20. The highest BCUT2D eigenvalue weighted by molar-refractivity contribution is 5.79. The number of ether oxygens (including phenoxy) is 1. The smallest absolute Gasteiger partial charge is 0.234 e. The predicted molar refractivity (Wildman–Crippen MR) is 74.8 cm³/mol. The van der Waals surface area contributed by atoms with Crippen molar-refractivity contribution in [2.75, 3.05) is 26.2 Å². The van der Waals surface area contributed by atoms with Crippen LogP contribution < -0.4 is 11.1 Å². The van der Waals surface area contributed by atoms with Crippen molar-refractivity contribution >= 4 is 5.91 Å². The maximum absolute atomic E-state index is 11.4. The zero-order chi connectivity index (χ0) is 13.7. The van der Waals surface area contributed by atoms with E-state index in [-0.39, 0.29) is 11.9 Å². The lowest BCUT2D eigenvalue weighted by Gasteiger charge is -2.32. The molecule has 1 amide bonds. The first-order chi connectivity index (χ1) is 9.19. The van der Waals surface area contributed by atoms with Gasteiger partial charge in [-0.2, -0.15) is 0 Å². The van der Waals surface area contributed by atoms with Gasteiger partial charge in [0.25, 0.3) is 0 Å². The van der Waals surface area contributed by atoms with Gasteiger partial charge < -0.3 is 20.7 Å². The summed E-state index contributed by atoms with van der Waals surface area (Å²) in [7, 11) is 0. The topological polar surface area (TPSA) is 67.6 Å². The number of piperidine rings is 1. The molecular weight excluding hydrogens is 242 g/mol. The number of amides is 1. The minimum atomic E-state index is -0.212. The van der Waals surface area contributed by atoms with Gasteiger partial charge in [0.2, 0.25) is 5.91 Å². The minimum absolute atomic E-state index is 0.155. The van der Waals surface area contributed by atoms with Gasteiger partial charge in [0.05, 0.1) is 12.1 Å². The molecule has 0 aromatic carbocycles. The second-order valence-electron chi connectivity index (χ2n) is 5.68. The van der Waals surface area contributed by atoms with Crippen LogP contribution in [0.25, 0.3) is 0 Å². The largest absolute Gasteiger partial charge is 0.378 e. The fourth-order valence-corrected chi connectivity index (χ4v) is 2.69. The highest BCUT2D eigenvalue weighted by Gasteiger charge is 2.28. The Labute approximate surface area is 115 Å². The first-order valence-corrected chi connectivity index (χ1v) is 7.58. The van der Waals surface area contributed by atoms with Gasteiger partial charge in [-0.25, -0.2) is 0 Å². The van der Waals surface area contributed by atoms with Gasteiger partial charge in [-0.1, -0.05) is 0 Å². The third kappa shape index (κ3) is 5.09. The molecule has 2 rings (SSSR count). The van der Waals surface area contributed by atoms with Crippen molar-refractivity contribution in [2.24, 2.45) is 5.73 Å². The predicted octanol–water partition coefficient (Wildman–Crippen LogP) is 0.483. The van der Waals surface area contributed by atoms with Crippen molar-refractivity contribution in [1.29, 1.82) is 0 Å². The van der Waals surface area contributed by atoms with E-state index >= 15 is 0 Å². The molecular formula is C14H27N3O2. The van der Waals surface area contributed by atoms with Crippen molar-refractivity contribution in [3.05, 3.63) is 0 Å². The molecule has 1 aliphatic heterocycles. The van der Waals surface area contributed by atoms with Crippen molar-refractivity contribution in [3.63, 3.8) is 0 Å². The van der Waals surface area contributed by atoms with E-state index in [0.717, 1.165) is 45.5 Å². The summed E-state index contributed by atoms with van der Waals surface area (Å²) in [6.45, 7) is 5.94. The van der Waals surface area contributed by atoms with E-state index in [2.05, 4.69) is 10.2 Å². The van der Waals surface area contributed by atoms with E-state index in [4.69, 9.17) is 10.5 Å². The molecule has 0 aromatic heterocycles. The molecule has 1 unspecified atom stereocenters. The lowest BCUT2D eigenvalue weighted by molar-refractivity contribution is -0.120. The van der Waals surface area contributed by atoms with Crippen LogP contribution in [0.15, 0.2) is 0 Å². The molecule has 2 aliphatic rings. The van der Waals surface area contributed by atoms with Crippen LogP contribution in [-0.4, -0.2) is 55.2 Å². The standard InChI is InChI=1S/C14H27N3O2/c1-2-19-12-5-8-17(9-6-12)10-7-13(14(15)18)16-11-3-4-11/h11-13,16H,2-10H2,1H3,(H2,15,18). The number of hydrogen-bond donors (Lipinski definition) is 2. The summed E-state index contributed by atoms with van der Waals surface area (Å²) < 4.78 is 5.64. The Morgan fingerprint density at radius 1 is 1.37 bits per heavy atom. The van der Waals surface area contributed by atoms with E-state index in [1.165, 1.54) is 12.8 Å². The van der Waals surface area contributed by atoms with Gasteiger partial charge in [-0.15, -0.1) is 0 Å². The molecule has 0 radical (unpaired) electrons. The van der Waals surface area contributed by atoms with E-state index in [1.807, 2.05) is 6.92 Å². The molecule has 0 bridgehead atoms. The molecule has 3 N–H and O–H groups in total. The van der Waals surface area contributed by atoms with E-state index < -0.39 is 0 Å². The molecule has 0 spiro atoms. The summed E-state index contributed by atoms with van der Waals surface area (Å²) in [5, 5.41) is 3.33. The maximum atomic E-state index is 11.4. The van der Waals surface area contributed by atoms with Crippen molar-refractivity contribution in [1.82, 2.24) is 10.2 Å². The number of primary amides is 1. The number of carbonyl (C=O) groups excluding carboxylic acids is 1. The third-order valence-corrected chi connectivity index (χ3v) is 4.03. The zero-order valence-electron chi connectivity index (χ0n) is 11.9. The number of nitrogens with zero attached hydrogens (tertiary/aromatic N) is 1. The van der Waals surface area contributed by atoms with Crippen LogP contribution in [0.2, 0.25) is 0 Å². The van der Waals surface area contributed by atoms with Gasteiger partial charge in [0.1, 0.15) is 0 Å². The van der Waals surface area contributed by atoms with Crippen LogP contribution in [-0.2, 0) is 9.53 Å². The molecule has 1 saturated heterocycles. The average Bonchev–Trinajstić information content (AvgIpc) is 3.20. The Morgan fingerprint density at radius 2 is 2.05 bits per heavy atom. The van der Waals surface area contributed by atoms with Crippen LogP contribution in [0.1, 0.15) is 39.0 Å². The second kappa shape index (κ2) is 7.22. The number of rotatable bonds is 8. The van der Waals surface area contributed by atoms with Gasteiger partial charge in [-0.3, -0.25) is 4.79 Å². The molecule has 5 heteroatoms. The summed E-state index contributed by atoms with van der Waals surface area (Å²) in [6, 6.07) is 0.373.